The summed E-state index contributed by atoms with van der Waals surface area (Å²) >= 11 is 6.20. The summed E-state index contributed by atoms with van der Waals surface area (Å²) in [7, 11) is 1.61. The lowest BCUT2D eigenvalue weighted by Crippen LogP contribution is -2.31. The number of likely N-dealkylation sites (tertiary alicyclic amines) is 1. The maximum atomic E-state index is 11.2. The molecule has 1 atom stereocenters. The molecule has 4 nitrogen and oxygen atoms in total. The summed E-state index contributed by atoms with van der Waals surface area (Å²) < 4.78 is 5.31. The van der Waals surface area contributed by atoms with E-state index in [4.69, 9.17) is 16.3 Å². The fourth-order valence-corrected chi connectivity index (χ4v) is 2.70. The van der Waals surface area contributed by atoms with Gasteiger partial charge in [-0.05, 0) is 32.0 Å². The van der Waals surface area contributed by atoms with Crippen LogP contribution in [0.15, 0.2) is 18.2 Å². The maximum Gasteiger partial charge on any atom is 0.310 e. The third kappa shape index (κ3) is 2.85. The monoisotopic (exact) mass is 283 g/mol. The van der Waals surface area contributed by atoms with E-state index in [2.05, 4.69) is 4.90 Å². The van der Waals surface area contributed by atoms with Gasteiger partial charge in [-0.3, -0.25) is 9.69 Å². The first kappa shape index (κ1) is 14.2. The van der Waals surface area contributed by atoms with Crippen LogP contribution in [0.3, 0.4) is 0 Å². The summed E-state index contributed by atoms with van der Waals surface area (Å²) in [5.41, 5.74) is 0.260. The van der Waals surface area contributed by atoms with Crippen LogP contribution in [0.25, 0.3) is 0 Å². The molecule has 1 saturated heterocycles. The second-order valence-corrected chi connectivity index (χ2v) is 5.65. The molecule has 0 aliphatic carbocycles. The number of rotatable bonds is 4. The van der Waals surface area contributed by atoms with Gasteiger partial charge < -0.3 is 9.84 Å². The highest BCUT2D eigenvalue weighted by Gasteiger charge is 2.40. The van der Waals surface area contributed by atoms with Crippen LogP contribution in [0, 0.1) is 5.41 Å². The van der Waals surface area contributed by atoms with E-state index >= 15 is 0 Å². The van der Waals surface area contributed by atoms with Crippen molar-refractivity contribution in [1.82, 2.24) is 4.90 Å². The van der Waals surface area contributed by atoms with Crippen molar-refractivity contribution in [2.45, 2.75) is 19.9 Å². The van der Waals surface area contributed by atoms with E-state index in [9.17, 15) is 9.90 Å². The highest BCUT2D eigenvalue weighted by atomic mass is 35.5. The molecule has 1 aromatic carbocycles. The topological polar surface area (TPSA) is 49.8 Å². The zero-order chi connectivity index (χ0) is 14.0. The fourth-order valence-electron chi connectivity index (χ4n) is 2.47. The number of carboxylic acid groups (broad SMARTS) is 1. The predicted octanol–water partition coefficient (Wildman–Crippen LogP) is 2.65. The number of methoxy groups -OCH3 is 1. The van der Waals surface area contributed by atoms with Gasteiger partial charge in [0.05, 0.1) is 12.5 Å². The smallest absolute Gasteiger partial charge is 0.310 e. The van der Waals surface area contributed by atoms with Crippen molar-refractivity contribution in [3.63, 3.8) is 0 Å². The molecule has 0 amide bonds. The molecule has 2 rings (SSSR count). The molecule has 1 fully saturated rings. The number of carbonyl (C=O) groups is 1. The van der Waals surface area contributed by atoms with E-state index in [-0.39, 0.29) is 0 Å². The Morgan fingerprint density at radius 3 is 2.89 bits per heavy atom. The minimum Gasteiger partial charge on any atom is -0.496 e. The Morgan fingerprint density at radius 2 is 2.32 bits per heavy atom. The summed E-state index contributed by atoms with van der Waals surface area (Å²) in [4.78, 5) is 13.3. The van der Waals surface area contributed by atoms with E-state index in [0.29, 0.717) is 24.5 Å². The Labute approximate surface area is 117 Å². The molecule has 5 heteroatoms. The van der Waals surface area contributed by atoms with Crippen LogP contribution in [0.1, 0.15) is 18.9 Å². The molecule has 1 heterocycles. The van der Waals surface area contributed by atoms with E-state index in [1.54, 1.807) is 14.0 Å². The van der Waals surface area contributed by atoms with Crippen molar-refractivity contribution in [1.29, 1.82) is 0 Å². The molecule has 1 unspecified atom stereocenters. The number of nitrogens with zero attached hydrogens (tertiary/aromatic N) is 1. The van der Waals surface area contributed by atoms with Crippen LogP contribution in [0.5, 0.6) is 5.75 Å². The number of halogens is 1. The van der Waals surface area contributed by atoms with E-state index < -0.39 is 11.4 Å². The van der Waals surface area contributed by atoms with Gasteiger partial charge in [-0.15, -0.1) is 0 Å². The predicted molar refractivity (Wildman–Crippen MR) is 73.6 cm³/mol. The molecular weight excluding hydrogens is 266 g/mol. The van der Waals surface area contributed by atoms with Gasteiger partial charge in [0.25, 0.3) is 0 Å². The van der Waals surface area contributed by atoms with Crippen LogP contribution in [-0.2, 0) is 11.3 Å². The zero-order valence-electron chi connectivity index (χ0n) is 11.1. The number of ether oxygens (including phenoxy) is 1. The quantitative estimate of drug-likeness (QED) is 0.923. The first-order chi connectivity index (χ1) is 8.96. The Morgan fingerprint density at radius 1 is 1.58 bits per heavy atom. The van der Waals surface area contributed by atoms with Crippen LogP contribution in [0.4, 0.5) is 0 Å². The summed E-state index contributed by atoms with van der Waals surface area (Å²) in [5, 5.41) is 9.89. The number of hydrogen-bond donors (Lipinski definition) is 1. The average molecular weight is 284 g/mol. The minimum absolute atomic E-state index is 0.538. The number of benzene rings is 1. The summed E-state index contributed by atoms with van der Waals surface area (Å²) in [6.07, 6.45) is 0.662. The van der Waals surface area contributed by atoms with Crippen LogP contribution in [-0.4, -0.2) is 36.2 Å². The lowest BCUT2D eigenvalue weighted by atomic mass is 9.90. The van der Waals surface area contributed by atoms with Gasteiger partial charge in [0.2, 0.25) is 0 Å². The first-order valence-electron chi connectivity index (χ1n) is 6.23. The first-order valence-corrected chi connectivity index (χ1v) is 6.61. The Hall–Kier alpha value is -1.26. The van der Waals surface area contributed by atoms with E-state index in [0.717, 1.165) is 17.9 Å². The van der Waals surface area contributed by atoms with Gasteiger partial charge in [-0.1, -0.05) is 17.7 Å². The second-order valence-electron chi connectivity index (χ2n) is 5.25. The largest absolute Gasteiger partial charge is 0.496 e. The Bertz CT molecular complexity index is 492. The molecule has 104 valence electrons. The normalized spacial score (nSPS) is 23.5. The van der Waals surface area contributed by atoms with E-state index in [1.165, 1.54) is 0 Å². The van der Waals surface area contributed by atoms with Gasteiger partial charge in [0.1, 0.15) is 5.75 Å². The molecule has 0 spiro atoms. The standard InChI is InChI=1S/C14H18ClNO3/c1-14(13(17)18)6-7-16(9-14)8-10-11(15)4-3-5-12(10)19-2/h3-5H,6-9H2,1-2H3,(H,17,18). The molecule has 1 aliphatic heterocycles. The Kier molecular flexibility index (Phi) is 4.02. The molecule has 1 N–H and O–H groups in total. The fraction of sp³-hybridized carbons (Fsp3) is 0.500. The average Bonchev–Trinajstić information content (AvgIpc) is 2.75. The zero-order valence-corrected chi connectivity index (χ0v) is 11.9. The lowest BCUT2D eigenvalue weighted by Gasteiger charge is -2.21. The molecule has 0 radical (unpaired) electrons. The molecule has 0 bridgehead atoms. The number of carboxylic acids is 1. The Balaban J connectivity index is 2.14. The molecule has 1 aliphatic rings. The highest BCUT2D eigenvalue weighted by Crippen LogP contribution is 2.34. The minimum atomic E-state index is -0.735. The molecule has 19 heavy (non-hydrogen) atoms. The van der Waals surface area contributed by atoms with Crippen molar-refractivity contribution in [3.8, 4) is 5.75 Å². The van der Waals surface area contributed by atoms with Gasteiger partial charge in [0.15, 0.2) is 0 Å². The van der Waals surface area contributed by atoms with Crippen LogP contribution in [0.2, 0.25) is 5.02 Å². The lowest BCUT2D eigenvalue weighted by molar-refractivity contribution is -0.147. The van der Waals surface area contributed by atoms with Gasteiger partial charge in [-0.2, -0.15) is 0 Å². The molecule has 1 aromatic rings. The second kappa shape index (κ2) is 5.39. The number of aliphatic carboxylic acids is 1. The molecular formula is C14H18ClNO3. The summed E-state index contributed by atoms with van der Waals surface area (Å²) in [5.74, 6) is 0.0116. The van der Waals surface area contributed by atoms with Gasteiger partial charge >= 0.3 is 5.97 Å². The third-order valence-electron chi connectivity index (χ3n) is 3.75. The SMILES string of the molecule is COc1cccc(Cl)c1CN1CCC(C)(C(=O)O)C1. The van der Waals surface area contributed by atoms with Crippen molar-refractivity contribution in [2.24, 2.45) is 5.41 Å². The van der Waals surface area contributed by atoms with Gasteiger partial charge in [0, 0.05) is 23.7 Å². The van der Waals surface area contributed by atoms with Crippen LogP contribution >= 0.6 is 11.6 Å². The van der Waals surface area contributed by atoms with Crippen molar-refractivity contribution in [2.75, 3.05) is 20.2 Å². The summed E-state index contributed by atoms with van der Waals surface area (Å²) in [6.45, 7) is 3.71. The van der Waals surface area contributed by atoms with Crippen molar-refractivity contribution >= 4 is 17.6 Å². The third-order valence-corrected chi connectivity index (χ3v) is 4.10. The van der Waals surface area contributed by atoms with Crippen molar-refractivity contribution < 1.29 is 14.6 Å². The highest BCUT2D eigenvalue weighted by molar-refractivity contribution is 6.31. The van der Waals surface area contributed by atoms with E-state index in [1.807, 2.05) is 18.2 Å². The number of hydrogen-bond acceptors (Lipinski definition) is 3. The molecule has 0 saturated carbocycles. The van der Waals surface area contributed by atoms with Crippen LogP contribution < -0.4 is 4.74 Å². The van der Waals surface area contributed by atoms with Crippen molar-refractivity contribution in [3.05, 3.63) is 28.8 Å². The summed E-state index contributed by atoms with van der Waals surface area (Å²) in [6, 6.07) is 5.54. The maximum absolute atomic E-state index is 11.2. The molecule has 0 aromatic heterocycles. The van der Waals surface area contributed by atoms with Gasteiger partial charge in [-0.25, -0.2) is 0 Å².